The zero-order chi connectivity index (χ0) is 10.2. The third-order valence-corrected chi connectivity index (χ3v) is 1.29. The second-order valence-corrected chi connectivity index (χ2v) is 2.02. The molecule has 13 heavy (non-hydrogen) atoms. The second kappa shape index (κ2) is 3.23. The zero-order valence-electron chi connectivity index (χ0n) is 5.88. The molecule has 0 aliphatic heterocycles. The average Bonchev–Trinajstić information content (AvgIpc) is 2.13. The highest BCUT2D eigenvalue weighted by Crippen LogP contribution is 2.28. The number of rotatable bonds is 1. The molecule has 0 aliphatic rings. The molecular weight excluding hydrogens is 194 g/mol. The van der Waals surface area contributed by atoms with E-state index >= 15 is 0 Å². The van der Waals surface area contributed by atoms with Crippen molar-refractivity contribution >= 4 is 8.05 Å². The molecule has 1 aromatic rings. The Hall–Kier alpha value is -1.27. The summed E-state index contributed by atoms with van der Waals surface area (Å²) in [6.07, 6.45) is 0. The first-order valence-electron chi connectivity index (χ1n) is 2.88. The summed E-state index contributed by atoms with van der Waals surface area (Å²) in [5, 5.41) is 0. The van der Waals surface area contributed by atoms with E-state index in [-0.39, 0.29) is 0 Å². The van der Waals surface area contributed by atoms with Gasteiger partial charge < -0.3 is 4.65 Å². The van der Waals surface area contributed by atoms with Crippen LogP contribution in [-0.4, -0.2) is 8.05 Å². The van der Waals surface area contributed by atoms with Crippen molar-refractivity contribution in [1.29, 1.82) is 0 Å². The molecule has 2 radical (unpaired) electrons. The van der Waals surface area contributed by atoms with Gasteiger partial charge in [0.05, 0.1) is 0 Å². The summed E-state index contributed by atoms with van der Waals surface area (Å²) >= 11 is 0. The molecule has 0 aliphatic carbocycles. The lowest BCUT2D eigenvalue weighted by Crippen LogP contribution is -2.04. The van der Waals surface area contributed by atoms with Crippen molar-refractivity contribution in [3.8, 4) is 5.75 Å². The maximum atomic E-state index is 12.5. The van der Waals surface area contributed by atoms with E-state index in [4.69, 9.17) is 0 Å². The molecule has 1 aromatic carbocycles. The molecule has 0 N–H and O–H groups in total. The molecule has 0 bridgehead atoms. The number of hydrogen-bond donors (Lipinski definition) is 0. The Kier molecular flexibility index (Phi) is 2.44. The number of halogens is 5. The molecule has 0 saturated carbocycles. The molecule has 0 unspecified atom stereocenters. The molecular formula is C6BF5O. The first-order chi connectivity index (χ1) is 6.00. The maximum Gasteiger partial charge on any atom is 0.374 e. The van der Waals surface area contributed by atoms with Gasteiger partial charge in [0.25, 0.3) is 0 Å². The Morgan fingerprint density at radius 1 is 0.692 bits per heavy atom. The Morgan fingerprint density at radius 3 is 1.31 bits per heavy atom. The van der Waals surface area contributed by atoms with Crippen LogP contribution in [0.5, 0.6) is 5.75 Å². The lowest BCUT2D eigenvalue weighted by atomic mass is 10.2. The fraction of sp³-hybridized carbons (Fsp3) is 0. The molecule has 0 saturated heterocycles. The van der Waals surface area contributed by atoms with E-state index in [1.54, 1.807) is 0 Å². The monoisotopic (exact) mass is 194 g/mol. The van der Waals surface area contributed by atoms with Crippen molar-refractivity contribution < 1.29 is 26.6 Å². The summed E-state index contributed by atoms with van der Waals surface area (Å²) in [6, 6.07) is 0. The van der Waals surface area contributed by atoms with Crippen LogP contribution in [0.3, 0.4) is 0 Å². The minimum atomic E-state index is -2.25. The van der Waals surface area contributed by atoms with Gasteiger partial charge in [0.2, 0.25) is 29.1 Å². The summed E-state index contributed by atoms with van der Waals surface area (Å²) in [5.74, 6) is -12.1. The van der Waals surface area contributed by atoms with Crippen LogP contribution in [-0.2, 0) is 0 Å². The quantitative estimate of drug-likeness (QED) is 0.287. The Labute approximate surface area is 70.6 Å². The number of benzene rings is 1. The van der Waals surface area contributed by atoms with Crippen LogP contribution in [0.1, 0.15) is 0 Å². The van der Waals surface area contributed by atoms with Crippen LogP contribution in [0.25, 0.3) is 0 Å². The van der Waals surface area contributed by atoms with E-state index in [0.29, 0.717) is 0 Å². The second-order valence-electron chi connectivity index (χ2n) is 2.02. The lowest BCUT2D eigenvalue weighted by Gasteiger charge is -2.06. The van der Waals surface area contributed by atoms with Gasteiger partial charge >= 0.3 is 8.05 Å². The van der Waals surface area contributed by atoms with Crippen molar-refractivity contribution in [3.63, 3.8) is 0 Å². The van der Waals surface area contributed by atoms with Crippen molar-refractivity contribution in [3.05, 3.63) is 29.1 Å². The van der Waals surface area contributed by atoms with Gasteiger partial charge in [0.15, 0.2) is 5.75 Å². The van der Waals surface area contributed by atoms with Crippen LogP contribution < -0.4 is 4.65 Å². The molecule has 0 atom stereocenters. The van der Waals surface area contributed by atoms with E-state index in [1.807, 2.05) is 0 Å². The SMILES string of the molecule is [B]Oc1c(F)c(F)c(F)c(F)c1F. The van der Waals surface area contributed by atoms with Gasteiger partial charge in [-0.2, -0.15) is 8.78 Å². The van der Waals surface area contributed by atoms with Crippen molar-refractivity contribution in [2.75, 3.05) is 0 Å². The standard InChI is InChI=1S/C6BF5O/c7-13-6-4(11)2(9)1(8)3(10)5(6)12. The molecule has 0 amide bonds. The van der Waals surface area contributed by atoms with Gasteiger partial charge in [0.1, 0.15) is 0 Å². The molecule has 0 heterocycles. The van der Waals surface area contributed by atoms with Crippen LogP contribution in [0.2, 0.25) is 0 Å². The molecule has 0 fully saturated rings. The largest absolute Gasteiger partial charge is 0.564 e. The lowest BCUT2D eigenvalue weighted by molar-refractivity contribution is 0.352. The topological polar surface area (TPSA) is 9.23 Å². The fourth-order valence-corrected chi connectivity index (χ4v) is 0.688. The third-order valence-electron chi connectivity index (χ3n) is 1.29. The smallest absolute Gasteiger partial charge is 0.374 e. The summed E-state index contributed by atoms with van der Waals surface area (Å²) in [5.41, 5.74) is 0. The maximum absolute atomic E-state index is 12.5. The Bertz CT molecular complexity index is 324. The van der Waals surface area contributed by atoms with Crippen LogP contribution >= 0.6 is 0 Å². The van der Waals surface area contributed by atoms with E-state index in [9.17, 15) is 22.0 Å². The minimum Gasteiger partial charge on any atom is -0.564 e. The van der Waals surface area contributed by atoms with E-state index < -0.39 is 34.8 Å². The Morgan fingerprint density at radius 2 is 1.00 bits per heavy atom. The van der Waals surface area contributed by atoms with Gasteiger partial charge in [-0.25, -0.2) is 13.2 Å². The van der Waals surface area contributed by atoms with E-state index in [0.717, 1.165) is 0 Å². The van der Waals surface area contributed by atoms with E-state index in [2.05, 4.69) is 12.7 Å². The summed E-state index contributed by atoms with van der Waals surface area (Å²) in [4.78, 5) is 0. The summed E-state index contributed by atoms with van der Waals surface area (Å²) in [6.45, 7) is 0. The molecule has 1 nitrogen and oxygen atoms in total. The van der Waals surface area contributed by atoms with Gasteiger partial charge in [-0.1, -0.05) is 0 Å². The van der Waals surface area contributed by atoms with Crippen LogP contribution in [0, 0.1) is 29.1 Å². The van der Waals surface area contributed by atoms with Crippen molar-refractivity contribution in [2.24, 2.45) is 0 Å². The first-order valence-corrected chi connectivity index (χ1v) is 2.88. The fourth-order valence-electron chi connectivity index (χ4n) is 0.688. The molecule has 0 aromatic heterocycles. The number of hydrogen-bond acceptors (Lipinski definition) is 1. The van der Waals surface area contributed by atoms with Crippen LogP contribution in [0.4, 0.5) is 22.0 Å². The Balaban J connectivity index is 3.56. The highest BCUT2D eigenvalue weighted by molar-refractivity contribution is 6.00. The molecule has 0 spiro atoms. The normalized spacial score (nSPS) is 10.2. The van der Waals surface area contributed by atoms with Crippen LogP contribution in [0.15, 0.2) is 0 Å². The van der Waals surface area contributed by atoms with Crippen molar-refractivity contribution in [1.82, 2.24) is 0 Å². The van der Waals surface area contributed by atoms with Crippen molar-refractivity contribution in [2.45, 2.75) is 0 Å². The molecule has 1 rings (SSSR count). The van der Waals surface area contributed by atoms with Gasteiger partial charge in [-0.3, -0.25) is 0 Å². The van der Waals surface area contributed by atoms with Gasteiger partial charge in [-0.05, 0) is 0 Å². The summed E-state index contributed by atoms with van der Waals surface area (Å²) < 4.78 is 65.3. The van der Waals surface area contributed by atoms with E-state index in [1.165, 1.54) is 0 Å². The summed E-state index contributed by atoms with van der Waals surface area (Å²) in [7, 11) is 4.30. The van der Waals surface area contributed by atoms with Gasteiger partial charge in [-0.15, -0.1) is 0 Å². The average molecular weight is 194 g/mol. The zero-order valence-corrected chi connectivity index (χ0v) is 5.88. The minimum absolute atomic E-state index is 1.50. The predicted molar refractivity (Wildman–Crippen MR) is 32.6 cm³/mol. The molecule has 68 valence electrons. The predicted octanol–water partition coefficient (Wildman–Crippen LogP) is 1.84. The molecule has 7 heteroatoms. The van der Waals surface area contributed by atoms with Gasteiger partial charge in [0, 0.05) is 0 Å². The highest BCUT2D eigenvalue weighted by atomic mass is 19.2. The first kappa shape index (κ1) is 9.82. The third kappa shape index (κ3) is 1.34. The highest BCUT2D eigenvalue weighted by Gasteiger charge is 2.25.